The Labute approximate surface area is 202 Å². The Morgan fingerprint density at radius 2 is 1.60 bits per heavy atom. The molecule has 2 heterocycles. The molecule has 0 bridgehead atoms. The van der Waals surface area contributed by atoms with Crippen LogP contribution < -0.4 is 10.6 Å². The monoisotopic (exact) mass is 477 g/mol. The number of benzene rings is 2. The molecule has 1 saturated heterocycles. The number of rotatable bonds is 6. The van der Waals surface area contributed by atoms with Gasteiger partial charge >= 0.3 is 12.0 Å². The largest absolute Gasteiger partial charge is 0.462 e. The Bertz CT molecular complexity index is 1280. The maximum absolute atomic E-state index is 13.0. The Balaban J connectivity index is 1.51. The van der Waals surface area contributed by atoms with Gasteiger partial charge in [0.1, 0.15) is 0 Å². The molecule has 0 saturated carbocycles. The molecule has 1 aromatic heterocycles. The number of amides is 3. The lowest BCUT2D eigenvalue weighted by molar-refractivity contribution is -0.127. The third kappa shape index (κ3) is 5.17. The summed E-state index contributed by atoms with van der Waals surface area (Å²) in [4.78, 5) is 57.3. The summed E-state index contributed by atoms with van der Waals surface area (Å²) in [5, 5.41) is 5.93. The van der Waals surface area contributed by atoms with Gasteiger partial charge < -0.3 is 30.2 Å². The smallest absolute Gasteiger partial charge is 0.340 e. The zero-order valence-electron chi connectivity index (χ0n) is 19.6. The van der Waals surface area contributed by atoms with E-state index in [0.29, 0.717) is 35.4 Å². The van der Waals surface area contributed by atoms with Gasteiger partial charge in [0.05, 0.1) is 34.6 Å². The van der Waals surface area contributed by atoms with Gasteiger partial charge in [0.25, 0.3) is 11.7 Å². The van der Waals surface area contributed by atoms with E-state index in [4.69, 9.17) is 4.74 Å². The van der Waals surface area contributed by atoms with Gasteiger partial charge in [-0.1, -0.05) is 24.3 Å². The number of aromatic nitrogens is 1. The van der Waals surface area contributed by atoms with Gasteiger partial charge in [-0.15, -0.1) is 0 Å². The van der Waals surface area contributed by atoms with E-state index in [1.54, 1.807) is 54.3 Å². The van der Waals surface area contributed by atoms with E-state index in [9.17, 15) is 19.2 Å². The fourth-order valence-electron chi connectivity index (χ4n) is 3.97. The second-order valence-corrected chi connectivity index (χ2v) is 8.20. The molecular weight excluding hydrogens is 450 g/mol. The van der Waals surface area contributed by atoms with Gasteiger partial charge in [-0.05, 0) is 32.2 Å². The highest BCUT2D eigenvalue weighted by Gasteiger charge is 2.28. The van der Waals surface area contributed by atoms with Crippen LogP contribution in [-0.4, -0.2) is 78.3 Å². The lowest BCUT2D eigenvalue weighted by Crippen LogP contribution is -2.49. The molecule has 10 nitrogen and oxygen atoms in total. The minimum absolute atomic E-state index is 0.215. The molecule has 0 unspecified atom stereocenters. The summed E-state index contributed by atoms with van der Waals surface area (Å²) in [7, 11) is 1.98. The highest BCUT2D eigenvalue weighted by atomic mass is 16.5. The molecule has 3 N–H and O–H groups in total. The predicted octanol–water partition coefficient (Wildman–Crippen LogP) is 2.95. The summed E-state index contributed by atoms with van der Waals surface area (Å²) in [6.07, 6.45) is 1.49. The zero-order valence-corrected chi connectivity index (χ0v) is 19.6. The van der Waals surface area contributed by atoms with E-state index in [0.717, 1.165) is 13.1 Å². The zero-order chi connectivity index (χ0) is 24.9. The second-order valence-electron chi connectivity index (χ2n) is 8.20. The number of urea groups is 1. The number of para-hydroxylation sites is 2. The van der Waals surface area contributed by atoms with Crippen LogP contribution in [0.5, 0.6) is 0 Å². The number of nitrogens with zero attached hydrogens (tertiary/aromatic N) is 2. The number of piperazine rings is 1. The number of H-pyrrole nitrogens is 1. The third-order valence-electron chi connectivity index (χ3n) is 5.86. The molecule has 182 valence electrons. The van der Waals surface area contributed by atoms with Crippen molar-refractivity contribution in [3.8, 4) is 0 Å². The Hall–Kier alpha value is -4.18. The van der Waals surface area contributed by atoms with Crippen molar-refractivity contribution >= 4 is 46.0 Å². The van der Waals surface area contributed by atoms with E-state index < -0.39 is 23.7 Å². The molecule has 2 aromatic carbocycles. The fraction of sp³-hybridized carbons (Fsp3) is 0.280. The lowest BCUT2D eigenvalue weighted by Gasteiger charge is -2.31. The number of nitrogens with one attached hydrogen (secondary N) is 3. The highest BCUT2D eigenvalue weighted by molar-refractivity contribution is 6.45. The van der Waals surface area contributed by atoms with Crippen molar-refractivity contribution in [2.45, 2.75) is 6.92 Å². The number of esters is 1. The van der Waals surface area contributed by atoms with E-state index in [2.05, 4.69) is 20.5 Å². The number of hydrogen-bond acceptors (Lipinski definition) is 6. The summed E-state index contributed by atoms with van der Waals surface area (Å²) >= 11 is 0. The number of Topliss-reactive ketones (excluding diaryl/α,β-unsaturated/α-hetero) is 1. The van der Waals surface area contributed by atoms with E-state index >= 15 is 0 Å². The normalized spacial score (nSPS) is 13.9. The Morgan fingerprint density at radius 3 is 2.34 bits per heavy atom. The maximum Gasteiger partial charge on any atom is 0.340 e. The number of ether oxygens (including phenoxy) is 1. The number of carbonyl (C=O) groups excluding carboxylic acids is 4. The summed E-state index contributed by atoms with van der Waals surface area (Å²) in [6, 6.07) is 11.0. The fourth-order valence-corrected chi connectivity index (χ4v) is 3.97. The van der Waals surface area contributed by atoms with Crippen molar-refractivity contribution in [3.05, 3.63) is 59.8 Å². The first kappa shape index (κ1) is 24.0. The molecule has 3 aromatic rings. The molecule has 0 radical (unpaired) electrons. The summed E-state index contributed by atoms with van der Waals surface area (Å²) in [5.41, 5.74) is 1.71. The van der Waals surface area contributed by atoms with Crippen LogP contribution in [0.15, 0.2) is 48.7 Å². The predicted molar refractivity (Wildman–Crippen MR) is 132 cm³/mol. The molecule has 1 fully saturated rings. The number of anilines is 2. The van der Waals surface area contributed by atoms with Gasteiger partial charge in [0.15, 0.2) is 0 Å². The number of fused-ring (bicyclic) bond motifs is 1. The van der Waals surface area contributed by atoms with Crippen molar-refractivity contribution in [2.75, 3.05) is 50.5 Å². The molecular formula is C25H27N5O5. The quantitative estimate of drug-likeness (QED) is 0.285. The molecule has 3 amide bonds. The molecule has 0 spiro atoms. The lowest BCUT2D eigenvalue weighted by atomic mass is 10.1. The van der Waals surface area contributed by atoms with Crippen LogP contribution in [0.4, 0.5) is 16.2 Å². The average Bonchev–Trinajstić information content (AvgIpc) is 3.29. The Morgan fingerprint density at radius 1 is 0.914 bits per heavy atom. The number of likely N-dealkylation sites (N-methyl/N-ethyl adjacent to an activating group) is 1. The molecule has 35 heavy (non-hydrogen) atoms. The van der Waals surface area contributed by atoms with Crippen molar-refractivity contribution in [3.63, 3.8) is 0 Å². The Kier molecular flexibility index (Phi) is 7.11. The van der Waals surface area contributed by atoms with Gasteiger partial charge in [-0.2, -0.15) is 0 Å². The second kappa shape index (κ2) is 10.4. The van der Waals surface area contributed by atoms with Crippen LogP contribution in [0, 0.1) is 0 Å². The summed E-state index contributed by atoms with van der Waals surface area (Å²) in [5.74, 6) is -1.67. The van der Waals surface area contributed by atoms with Crippen LogP contribution in [0.25, 0.3) is 10.9 Å². The van der Waals surface area contributed by atoms with Crippen LogP contribution in [0.1, 0.15) is 27.6 Å². The molecule has 10 heteroatoms. The average molecular weight is 478 g/mol. The van der Waals surface area contributed by atoms with Gasteiger partial charge in [-0.3, -0.25) is 9.59 Å². The molecule has 4 rings (SSSR count). The minimum Gasteiger partial charge on any atom is -0.462 e. The molecule has 0 aliphatic carbocycles. The van der Waals surface area contributed by atoms with E-state index in [1.165, 1.54) is 6.20 Å². The van der Waals surface area contributed by atoms with Crippen LogP contribution in [-0.2, 0) is 9.53 Å². The SMILES string of the molecule is CCOC(=O)c1ccccc1NC(=O)Nc1cccc2c(C(=O)C(=O)N3CCN(C)CC3)c[nH]c12. The first-order valence-electron chi connectivity index (χ1n) is 11.4. The summed E-state index contributed by atoms with van der Waals surface area (Å²) in [6.45, 7) is 4.36. The van der Waals surface area contributed by atoms with Crippen molar-refractivity contribution in [1.29, 1.82) is 0 Å². The van der Waals surface area contributed by atoms with Crippen LogP contribution in [0.2, 0.25) is 0 Å². The molecule has 1 aliphatic rings. The van der Waals surface area contributed by atoms with Crippen LogP contribution in [0.3, 0.4) is 0 Å². The third-order valence-corrected chi connectivity index (χ3v) is 5.86. The topological polar surface area (TPSA) is 124 Å². The first-order valence-corrected chi connectivity index (χ1v) is 11.4. The number of carbonyl (C=O) groups is 4. The van der Waals surface area contributed by atoms with Crippen LogP contribution >= 0.6 is 0 Å². The van der Waals surface area contributed by atoms with Crippen molar-refractivity contribution in [1.82, 2.24) is 14.8 Å². The highest BCUT2D eigenvalue weighted by Crippen LogP contribution is 2.27. The molecule has 1 aliphatic heterocycles. The number of hydrogen-bond donors (Lipinski definition) is 3. The molecule has 0 atom stereocenters. The number of ketones is 1. The van der Waals surface area contributed by atoms with Crippen molar-refractivity contribution in [2.24, 2.45) is 0 Å². The minimum atomic E-state index is -0.592. The van der Waals surface area contributed by atoms with Crippen molar-refractivity contribution < 1.29 is 23.9 Å². The van der Waals surface area contributed by atoms with Gasteiger partial charge in [0, 0.05) is 37.8 Å². The van der Waals surface area contributed by atoms with Gasteiger partial charge in [0.2, 0.25) is 0 Å². The van der Waals surface area contributed by atoms with Gasteiger partial charge in [-0.25, -0.2) is 9.59 Å². The number of aromatic amines is 1. The summed E-state index contributed by atoms with van der Waals surface area (Å²) < 4.78 is 5.04. The standard InChI is InChI=1S/C25H27N5O5/c1-3-35-24(33)17-7-4-5-9-19(17)27-25(34)28-20-10-6-8-16-18(15-26-21(16)20)22(31)23(32)30-13-11-29(2)12-14-30/h4-10,15,26H,3,11-14H2,1-2H3,(H2,27,28,34). The van der Waals surface area contributed by atoms with E-state index in [1.807, 2.05) is 7.05 Å². The first-order chi connectivity index (χ1) is 16.9. The maximum atomic E-state index is 13.0. The van der Waals surface area contributed by atoms with E-state index in [-0.39, 0.29) is 17.7 Å².